The lowest BCUT2D eigenvalue weighted by Crippen LogP contribution is -2.41. The van der Waals surface area contributed by atoms with Crippen molar-refractivity contribution in [3.05, 3.63) is 24.0 Å². The third-order valence-electron chi connectivity index (χ3n) is 2.46. The quantitative estimate of drug-likeness (QED) is 0.739. The van der Waals surface area contributed by atoms with Crippen LogP contribution in [0.1, 0.15) is 24.2 Å². The third-order valence-corrected chi connectivity index (χ3v) is 2.46. The van der Waals surface area contributed by atoms with E-state index in [4.69, 9.17) is 10.2 Å². The van der Waals surface area contributed by atoms with Gasteiger partial charge in [-0.15, -0.1) is 0 Å². The van der Waals surface area contributed by atoms with Crippen molar-refractivity contribution >= 4 is 17.7 Å². The SMILES string of the molecule is CC(C)N(CCO)C(=O)Nc1cncc(C(=O)O)c1. The number of carboxylic acids is 1. The Bertz CT molecular complexity index is 462. The Labute approximate surface area is 110 Å². The first-order valence-electron chi connectivity index (χ1n) is 5.82. The second-order valence-electron chi connectivity index (χ2n) is 4.21. The van der Waals surface area contributed by atoms with Gasteiger partial charge in [0.1, 0.15) is 0 Å². The van der Waals surface area contributed by atoms with Crippen LogP contribution in [0, 0.1) is 0 Å². The lowest BCUT2D eigenvalue weighted by atomic mass is 10.2. The van der Waals surface area contributed by atoms with Crippen molar-refractivity contribution < 1.29 is 19.8 Å². The fourth-order valence-electron chi connectivity index (χ4n) is 1.52. The molecule has 0 saturated heterocycles. The van der Waals surface area contributed by atoms with E-state index in [1.165, 1.54) is 23.4 Å². The zero-order chi connectivity index (χ0) is 14.4. The van der Waals surface area contributed by atoms with Crippen LogP contribution >= 0.6 is 0 Å². The second kappa shape index (κ2) is 6.69. The molecule has 0 aliphatic rings. The average molecular weight is 267 g/mol. The molecule has 7 nitrogen and oxygen atoms in total. The first-order chi connectivity index (χ1) is 8.95. The Morgan fingerprint density at radius 1 is 1.42 bits per heavy atom. The van der Waals surface area contributed by atoms with Crippen molar-refractivity contribution in [1.29, 1.82) is 0 Å². The maximum absolute atomic E-state index is 12.0. The molecule has 2 amide bonds. The van der Waals surface area contributed by atoms with Gasteiger partial charge >= 0.3 is 12.0 Å². The minimum atomic E-state index is -1.11. The molecule has 0 aromatic carbocycles. The average Bonchev–Trinajstić information content (AvgIpc) is 2.35. The van der Waals surface area contributed by atoms with Gasteiger partial charge in [0.2, 0.25) is 0 Å². The molecule has 0 atom stereocenters. The van der Waals surface area contributed by atoms with Crippen LogP contribution in [0.25, 0.3) is 0 Å². The van der Waals surface area contributed by atoms with E-state index in [1.54, 1.807) is 0 Å². The topological polar surface area (TPSA) is 103 Å². The number of urea groups is 1. The number of aliphatic hydroxyl groups is 1. The van der Waals surface area contributed by atoms with Crippen molar-refractivity contribution in [2.45, 2.75) is 19.9 Å². The van der Waals surface area contributed by atoms with E-state index in [0.29, 0.717) is 5.69 Å². The predicted molar refractivity (Wildman–Crippen MR) is 69.1 cm³/mol. The fourth-order valence-corrected chi connectivity index (χ4v) is 1.52. The molecule has 0 spiro atoms. The molecule has 0 bridgehead atoms. The zero-order valence-corrected chi connectivity index (χ0v) is 10.8. The van der Waals surface area contributed by atoms with Crippen molar-refractivity contribution in [3.8, 4) is 0 Å². The van der Waals surface area contributed by atoms with Gasteiger partial charge < -0.3 is 20.4 Å². The van der Waals surface area contributed by atoms with Crippen LogP contribution in [-0.4, -0.2) is 51.3 Å². The summed E-state index contributed by atoms with van der Waals surface area (Å²) in [7, 11) is 0. The molecular weight excluding hydrogens is 250 g/mol. The number of pyridine rings is 1. The molecule has 1 rings (SSSR count). The third kappa shape index (κ3) is 4.22. The smallest absolute Gasteiger partial charge is 0.337 e. The Kier molecular flexibility index (Phi) is 5.25. The highest BCUT2D eigenvalue weighted by Gasteiger charge is 2.16. The zero-order valence-electron chi connectivity index (χ0n) is 10.8. The number of carboxylic acid groups (broad SMARTS) is 1. The molecule has 1 aromatic heterocycles. The van der Waals surface area contributed by atoms with Crippen LogP contribution in [0.15, 0.2) is 18.5 Å². The molecule has 104 valence electrons. The lowest BCUT2D eigenvalue weighted by molar-refractivity contribution is 0.0696. The number of amides is 2. The Morgan fingerprint density at radius 2 is 2.11 bits per heavy atom. The van der Waals surface area contributed by atoms with Crippen LogP contribution < -0.4 is 5.32 Å². The number of carbonyl (C=O) groups is 2. The Balaban J connectivity index is 2.80. The number of nitrogens with zero attached hydrogens (tertiary/aromatic N) is 2. The van der Waals surface area contributed by atoms with Crippen molar-refractivity contribution in [3.63, 3.8) is 0 Å². The van der Waals surface area contributed by atoms with Gasteiger partial charge in [0.05, 0.1) is 24.1 Å². The van der Waals surface area contributed by atoms with Gasteiger partial charge in [-0.3, -0.25) is 4.98 Å². The van der Waals surface area contributed by atoms with Crippen LogP contribution in [0.3, 0.4) is 0 Å². The second-order valence-corrected chi connectivity index (χ2v) is 4.21. The highest BCUT2D eigenvalue weighted by molar-refractivity contribution is 5.92. The molecule has 19 heavy (non-hydrogen) atoms. The molecular formula is C12H17N3O4. The summed E-state index contributed by atoms with van der Waals surface area (Å²) in [6.45, 7) is 3.71. The summed E-state index contributed by atoms with van der Waals surface area (Å²) in [6.07, 6.45) is 2.56. The monoisotopic (exact) mass is 267 g/mol. The standard InChI is InChI=1S/C12H17N3O4/c1-8(2)15(3-4-16)12(19)14-10-5-9(11(17)18)6-13-7-10/h5-8,16H,3-4H2,1-2H3,(H,14,19)(H,17,18). The molecule has 0 fully saturated rings. The van der Waals surface area contributed by atoms with Crippen molar-refractivity contribution in [2.24, 2.45) is 0 Å². The van der Waals surface area contributed by atoms with Gasteiger partial charge in [-0.05, 0) is 19.9 Å². The summed E-state index contributed by atoms with van der Waals surface area (Å²) in [4.78, 5) is 27.9. The maximum atomic E-state index is 12.0. The Morgan fingerprint density at radius 3 is 2.63 bits per heavy atom. The largest absolute Gasteiger partial charge is 0.478 e. The Hall–Kier alpha value is -2.15. The van der Waals surface area contributed by atoms with Crippen LogP contribution in [0.2, 0.25) is 0 Å². The summed E-state index contributed by atoms with van der Waals surface area (Å²) in [6, 6.07) is 0.834. The maximum Gasteiger partial charge on any atom is 0.337 e. The number of hydrogen-bond acceptors (Lipinski definition) is 4. The number of carbonyl (C=O) groups excluding carboxylic acids is 1. The van der Waals surface area contributed by atoms with E-state index < -0.39 is 12.0 Å². The van der Waals surface area contributed by atoms with Gasteiger partial charge in [0.15, 0.2) is 0 Å². The molecule has 0 unspecified atom stereocenters. The number of aliphatic hydroxyl groups excluding tert-OH is 1. The summed E-state index contributed by atoms with van der Waals surface area (Å²) in [5.74, 6) is -1.11. The molecule has 1 aromatic rings. The number of anilines is 1. The summed E-state index contributed by atoms with van der Waals surface area (Å²) < 4.78 is 0. The van der Waals surface area contributed by atoms with Crippen LogP contribution in [0.5, 0.6) is 0 Å². The van der Waals surface area contributed by atoms with Crippen molar-refractivity contribution in [1.82, 2.24) is 9.88 Å². The fraction of sp³-hybridized carbons (Fsp3) is 0.417. The van der Waals surface area contributed by atoms with E-state index in [9.17, 15) is 9.59 Å². The van der Waals surface area contributed by atoms with Gasteiger partial charge in [-0.1, -0.05) is 0 Å². The van der Waals surface area contributed by atoms with E-state index in [2.05, 4.69) is 10.3 Å². The van der Waals surface area contributed by atoms with E-state index in [1.807, 2.05) is 13.8 Å². The van der Waals surface area contributed by atoms with Crippen LogP contribution in [0.4, 0.5) is 10.5 Å². The van der Waals surface area contributed by atoms with E-state index in [-0.39, 0.29) is 24.8 Å². The molecule has 0 radical (unpaired) electrons. The summed E-state index contributed by atoms with van der Waals surface area (Å²) in [5, 5.41) is 20.3. The summed E-state index contributed by atoms with van der Waals surface area (Å²) >= 11 is 0. The van der Waals surface area contributed by atoms with Crippen molar-refractivity contribution in [2.75, 3.05) is 18.5 Å². The van der Waals surface area contributed by atoms with E-state index in [0.717, 1.165) is 0 Å². The van der Waals surface area contributed by atoms with Gasteiger partial charge in [-0.2, -0.15) is 0 Å². The van der Waals surface area contributed by atoms with Crippen LogP contribution in [-0.2, 0) is 0 Å². The molecule has 0 aliphatic heterocycles. The number of hydrogen-bond donors (Lipinski definition) is 3. The normalized spacial score (nSPS) is 10.3. The molecule has 7 heteroatoms. The van der Waals surface area contributed by atoms with E-state index >= 15 is 0 Å². The van der Waals surface area contributed by atoms with Gasteiger partial charge in [0, 0.05) is 18.8 Å². The molecule has 3 N–H and O–H groups in total. The first kappa shape index (κ1) is 14.9. The number of aromatic carboxylic acids is 1. The highest BCUT2D eigenvalue weighted by atomic mass is 16.4. The van der Waals surface area contributed by atoms with Gasteiger partial charge in [-0.25, -0.2) is 9.59 Å². The molecule has 0 saturated carbocycles. The number of rotatable bonds is 5. The molecule has 1 heterocycles. The lowest BCUT2D eigenvalue weighted by Gasteiger charge is -2.26. The predicted octanol–water partition coefficient (Wildman–Crippen LogP) is 1.01. The minimum Gasteiger partial charge on any atom is -0.478 e. The highest BCUT2D eigenvalue weighted by Crippen LogP contribution is 2.10. The first-order valence-corrected chi connectivity index (χ1v) is 5.82. The number of nitrogens with one attached hydrogen (secondary N) is 1. The summed E-state index contributed by atoms with van der Waals surface area (Å²) in [5.41, 5.74) is 0.296. The number of aromatic nitrogens is 1. The van der Waals surface area contributed by atoms with Gasteiger partial charge in [0.25, 0.3) is 0 Å². The molecule has 0 aliphatic carbocycles. The minimum absolute atomic E-state index is 0.00365.